The first-order valence-corrected chi connectivity index (χ1v) is 12.9. The molecule has 1 saturated carbocycles. The number of carbonyl (C=O) groups is 1. The molecule has 2 atom stereocenters. The Balaban J connectivity index is 1.68. The number of nitrogens with zero attached hydrogens (tertiary/aromatic N) is 1. The Morgan fingerprint density at radius 1 is 1.19 bits per heavy atom. The molecule has 0 aromatic heterocycles. The number of piperidine rings is 1. The number of nitrogens with one attached hydrogen (secondary N) is 1. The summed E-state index contributed by atoms with van der Waals surface area (Å²) in [6, 6.07) is 3.97. The smallest absolute Gasteiger partial charge is 0.260 e. The molecular formula is C22H34N2O6S. The largest absolute Gasteiger partial charge is 0.508 e. The number of aromatic hydroxyl groups is 1. The third kappa shape index (κ3) is 7.08. The van der Waals surface area contributed by atoms with Crippen LogP contribution in [-0.2, 0) is 19.6 Å². The third-order valence-corrected chi connectivity index (χ3v) is 6.76. The van der Waals surface area contributed by atoms with E-state index in [1.165, 1.54) is 12.5 Å². The van der Waals surface area contributed by atoms with Gasteiger partial charge in [-0.1, -0.05) is 19.3 Å². The van der Waals surface area contributed by atoms with Crippen molar-refractivity contribution in [2.75, 3.05) is 26.0 Å². The Morgan fingerprint density at radius 3 is 2.61 bits per heavy atom. The Bertz CT molecular complexity index is 854. The van der Waals surface area contributed by atoms with Crippen LogP contribution >= 0.6 is 0 Å². The Labute approximate surface area is 185 Å². The molecule has 2 N–H and O–H groups in total. The first kappa shape index (κ1) is 23.8. The van der Waals surface area contributed by atoms with Crippen LogP contribution in [0.25, 0.3) is 0 Å². The van der Waals surface area contributed by atoms with Crippen LogP contribution in [0.4, 0.5) is 0 Å². The molecular weight excluding hydrogens is 420 g/mol. The molecule has 3 rings (SSSR count). The van der Waals surface area contributed by atoms with Crippen LogP contribution in [0.3, 0.4) is 0 Å². The predicted octanol–water partition coefficient (Wildman–Crippen LogP) is 2.34. The van der Waals surface area contributed by atoms with Crippen LogP contribution in [-0.4, -0.2) is 68.5 Å². The highest BCUT2D eigenvalue weighted by atomic mass is 32.2. The van der Waals surface area contributed by atoms with Crippen LogP contribution in [0, 0.1) is 6.92 Å². The summed E-state index contributed by atoms with van der Waals surface area (Å²) in [6.07, 6.45) is 8.20. The molecule has 1 saturated heterocycles. The summed E-state index contributed by atoms with van der Waals surface area (Å²) in [5.41, 5.74) is 0.736. The maximum absolute atomic E-state index is 13.0. The van der Waals surface area contributed by atoms with Gasteiger partial charge in [0, 0.05) is 12.6 Å². The zero-order valence-electron chi connectivity index (χ0n) is 18.4. The molecule has 9 heteroatoms. The number of hydrogen-bond donors (Lipinski definition) is 2. The van der Waals surface area contributed by atoms with Gasteiger partial charge in [0.05, 0.1) is 25.0 Å². The number of likely N-dealkylation sites (tertiary alicyclic amines) is 1. The zero-order valence-corrected chi connectivity index (χ0v) is 19.2. The summed E-state index contributed by atoms with van der Waals surface area (Å²) in [5, 5.41) is 9.54. The molecule has 1 amide bonds. The molecule has 1 aliphatic heterocycles. The van der Waals surface area contributed by atoms with E-state index in [0.717, 1.165) is 37.5 Å². The standard InChI is InChI=1S/C22H34N2O6S/c1-16-13-17(25)10-11-21(16)30-15-22(26)24-12-6-9-19(23-31(2,27)28)20(24)14-29-18-7-4-3-5-8-18/h10-11,13,18-20,23,25H,3-9,12,14-15H2,1-2H3/t19-,20-/m0/s1. The average molecular weight is 455 g/mol. The number of phenolic OH excluding ortho intramolecular Hbond substituents is 1. The Hall–Kier alpha value is -1.84. The second-order valence-corrected chi connectivity index (χ2v) is 10.4. The number of sulfonamides is 1. The van der Waals surface area contributed by atoms with Crippen LogP contribution in [0.2, 0.25) is 0 Å². The number of benzene rings is 1. The highest BCUT2D eigenvalue weighted by Gasteiger charge is 2.36. The fourth-order valence-electron chi connectivity index (χ4n) is 4.47. The van der Waals surface area contributed by atoms with Crippen molar-refractivity contribution < 1.29 is 27.8 Å². The van der Waals surface area contributed by atoms with Crippen molar-refractivity contribution in [1.29, 1.82) is 0 Å². The van der Waals surface area contributed by atoms with Crippen molar-refractivity contribution in [2.45, 2.75) is 70.1 Å². The van der Waals surface area contributed by atoms with Crippen molar-refractivity contribution in [2.24, 2.45) is 0 Å². The summed E-state index contributed by atoms with van der Waals surface area (Å²) in [4.78, 5) is 14.7. The van der Waals surface area contributed by atoms with Gasteiger partial charge in [-0.25, -0.2) is 13.1 Å². The molecule has 2 aliphatic rings. The molecule has 1 aliphatic carbocycles. The fourth-order valence-corrected chi connectivity index (χ4v) is 5.29. The van der Waals surface area contributed by atoms with Gasteiger partial charge in [0.25, 0.3) is 5.91 Å². The minimum Gasteiger partial charge on any atom is -0.508 e. The van der Waals surface area contributed by atoms with E-state index < -0.39 is 10.0 Å². The van der Waals surface area contributed by atoms with Gasteiger partial charge < -0.3 is 19.5 Å². The minimum absolute atomic E-state index is 0.141. The number of phenols is 1. The van der Waals surface area contributed by atoms with Crippen molar-refractivity contribution in [1.82, 2.24) is 9.62 Å². The van der Waals surface area contributed by atoms with E-state index in [2.05, 4.69) is 4.72 Å². The van der Waals surface area contributed by atoms with Crippen LogP contribution in [0.15, 0.2) is 18.2 Å². The van der Waals surface area contributed by atoms with Crippen molar-refractivity contribution in [3.63, 3.8) is 0 Å². The van der Waals surface area contributed by atoms with Gasteiger partial charge >= 0.3 is 0 Å². The lowest BCUT2D eigenvalue weighted by Gasteiger charge is -2.41. The van der Waals surface area contributed by atoms with E-state index in [4.69, 9.17) is 9.47 Å². The second-order valence-electron chi connectivity index (χ2n) is 8.63. The van der Waals surface area contributed by atoms with Crippen molar-refractivity contribution in [3.05, 3.63) is 23.8 Å². The third-order valence-electron chi connectivity index (χ3n) is 6.03. The van der Waals surface area contributed by atoms with Crippen molar-refractivity contribution in [3.8, 4) is 11.5 Å². The quantitative estimate of drug-likeness (QED) is 0.625. The SMILES string of the molecule is Cc1cc(O)ccc1OCC(=O)N1CCC[C@H](NS(C)(=O)=O)[C@@H]1COC1CCCCC1. The molecule has 8 nitrogen and oxygen atoms in total. The van der Waals surface area contributed by atoms with Gasteiger partial charge in [-0.05, 0) is 56.4 Å². The van der Waals surface area contributed by atoms with E-state index >= 15 is 0 Å². The van der Waals surface area contributed by atoms with E-state index in [-0.39, 0.29) is 36.5 Å². The van der Waals surface area contributed by atoms with Crippen LogP contribution in [0.1, 0.15) is 50.5 Å². The lowest BCUT2D eigenvalue weighted by Crippen LogP contribution is -2.59. The monoisotopic (exact) mass is 454 g/mol. The average Bonchev–Trinajstić information content (AvgIpc) is 2.71. The lowest BCUT2D eigenvalue weighted by molar-refractivity contribution is -0.140. The summed E-state index contributed by atoms with van der Waals surface area (Å²) < 4.78 is 38.4. The fraction of sp³-hybridized carbons (Fsp3) is 0.682. The predicted molar refractivity (Wildman–Crippen MR) is 118 cm³/mol. The lowest BCUT2D eigenvalue weighted by atomic mass is 9.96. The topological polar surface area (TPSA) is 105 Å². The maximum atomic E-state index is 13.0. The number of carbonyl (C=O) groups excluding carboxylic acids is 1. The maximum Gasteiger partial charge on any atom is 0.260 e. The van der Waals surface area contributed by atoms with Gasteiger partial charge in [0.1, 0.15) is 11.5 Å². The molecule has 174 valence electrons. The van der Waals surface area contributed by atoms with Gasteiger partial charge in [-0.3, -0.25) is 4.79 Å². The molecule has 0 spiro atoms. The van der Waals surface area contributed by atoms with Gasteiger partial charge in [0.15, 0.2) is 6.61 Å². The number of ether oxygens (including phenoxy) is 2. The molecule has 1 heterocycles. The van der Waals surface area contributed by atoms with Crippen LogP contribution < -0.4 is 9.46 Å². The first-order chi connectivity index (χ1) is 14.7. The molecule has 1 aromatic rings. The molecule has 1 aromatic carbocycles. The van der Waals surface area contributed by atoms with E-state index in [9.17, 15) is 18.3 Å². The van der Waals surface area contributed by atoms with Gasteiger partial charge in [-0.15, -0.1) is 0 Å². The van der Waals surface area contributed by atoms with E-state index in [0.29, 0.717) is 31.7 Å². The van der Waals surface area contributed by atoms with Crippen LogP contribution in [0.5, 0.6) is 11.5 Å². The summed E-state index contributed by atoms with van der Waals surface area (Å²) in [5.74, 6) is 0.468. The zero-order chi connectivity index (χ0) is 22.4. The second kappa shape index (κ2) is 10.7. The molecule has 0 radical (unpaired) electrons. The van der Waals surface area contributed by atoms with Crippen molar-refractivity contribution >= 4 is 15.9 Å². The molecule has 0 unspecified atom stereocenters. The molecule has 0 bridgehead atoms. The minimum atomic E-state index is -3.41. The molecule has 31 heavy (non-hydrogen) atoms. The summed E-state index contributed by atoms with van der Waals surface area (Å²) >= 11 is 0. The normalized spacial score (nSPS) is 23.0. The Morgan fingerprint density at radius 2 is 1.94 bits per heavy atom. The number of aryl methyl sites for hydroxylation is 1. The highest BCUT2D eigenvalue weighted by Crippen LogP contribution is 2.25. The Kier molecular flexibility index (Phi) is 8.18. The summed E-state index contributed by atoms with van der Waals surface area (Å²) in [7, 11) is -3.41. The van der Waals surface area contributed by atoms with E-state index in [1.807, 2.05) is 0 Å². The summed E-state index contributed by atoms with van der Waals surface area (Å²) in [6.45, 7) is 2.49. The van der Waals surface area contributed by atoms with Gasteiger partial charge in [0.2, 0.25) is 10.0 Å². The van der Waals surface area contributed by atoms with E-state index in [1.54, 1.807) is 24.0 Å². The number of amides is 1. The molecule has 2 fully saturated rings. The number of hydrogen-bond acceptors (Lipinski definition) is 6. The highest BCUT2D eigenvalue weighted by molar-refractivity contribution is 7.88. The van der Waals surface area contributed by atoms with Gasteiger partial charge in [-0.2, -0.15) is 0 Å². The number of rotatable bonds is 8. The first-order valence-electron chi connectivity index (χ1n) is 11.0.